The molecule has 0 fully saturated rings. The van der Waals surface area contributed by atoms with Crippen molar-refractivity contribution in [3.8, 4) is 5.75 Å². The van der Waals surface area contributed by atoms with Crippen LogP contribution in [0.4, 0.5) is 23.0 Å². The fourth-order valence-corrected chi connectivity index (χ4v) is 2.73. The van der Waals surface area contributed by atoms with E-state index in [9.17, 15) is 4.79 Å². The number of halogens is 2. The summed E-state index contributed by atoms with van der Waals surface area (Å²) in [7, 11) is 1.54. The largest absolute Gasteiger partial charge is 0.495 e. The Morgan fingerprint density at radius 1 is 1.14 bits per heavy atom. The maximum absolute atomic E-state index is 12.2. The number of nitrogens with two attached hydrogens (primary N) is 1. The second-order valence-corrected chi connectivity index (χ2v) is 6.89. The molecule has 2 aromatic carbocycles. The molecule has 0 saturated heterocycles. The average molecular weight is 464 g/mol. The molecule has 0 spiro atoms. The van der Waals surface area contributed by atoms with Crippen LogP contribution in [0.2, 0.25) is 5.02 Å². The van der Waals surface area contributed by atoms with Crippen molar-refractivity contribution in [1.29, 1.82) is 0 Å². The van der Waals surface area contributed by atoms with Gasteiger partial charge in [-0.2, -0.15) is 0 Å². The minimum atomic E-state index is -0.337. The Hall–Kier alpha value is -3.04. The van der Waals surface area contributed by atoms with Crippen molar-refractivity contribution >= 4 is 56.4 Å². The van der Waals surface area contributed by atoms with Gasteiger partial charge in [-0.3, -0.25) is 15.6 Å². The van der Waals surface area contributed by atoms with Crippen molar-refractivity contribution in [3.63, 3.8) is 0 Å². The third-order valence-corrected chi connectivity index (χ3v) is 4.46. The van der Waals surface area contributed by atoms with Gasteiger partial charge in [-0.25, -0.2) is 9.97 Å². The molecule has 0 aliphatic heterocycles. The highest BCUT2D eigenvalue weighted by Crippen LogP contribution is 2.32. The summed E-state index contributed by atoms with van der Waals surface area (Å²) in [5, 5.41) is 3.58. The van der Waals surface area contributed by atoms with Gasteiger partial charge in [-0.05, 0) is 42.5 Å². The summed E-state index contributed by atoms with van der Waals surface area (Å²) < 4.78 is 6.18. The number of aromatic nitrogens is 2. The summed E-state index contributed by atoms with van der Waals surface area (Å²) in [5.41, 5.74) is 12.7. The predicted molar refractivity (Wildman–Crippen MR) is 113 cm³/mol. The Bertz CT molecular complexity index is 1000. The molecule has 0 atom stereocenters. The molecule has 28 heavy (non-hydrogen) atoms. The van der Waals surface area contributed by atoms with Gasteiger partial charge in [0.25, 0.3) is 5.91 Å². The molecule has 3 aromatic rings. The standard InChI is InChI=1S/C18H16BrClN6O2/c1-28-14-7-6-12(20)8-13(14)24-16-15(21)17(23-9-22-16)25-26-18(27)10-2-4-11(19)5-3-10/h2-9H,21H2,1H3,(H,26,27)(H2,22,23,24,25). The fraction of sp³-hybridized carbons (Fsp3) is 0.0556. The van der Waals surface area contributed by atoms with Gasteiger partial charge < -0.3 is 15.8 Å². The van der Waals surface area contributed by atoms with E-state index >= 15 is 0 Å². The third kappa shape index (κ3) is 4.62. The van der Waals surface area contributed by atoms with Crippen LogP contribution in [0.25, 0.3) is 0 Å². The number of rotatable bonds is 6. The van der Waals surface area contributed by atoms with Gasteiger partial charge in [-0.1, -0.05) is 27.5 Å². The van der Waals surface area contributed by atoms with E-state index in [0.717, 1.165) is 4.47 Å². The van der Waals surface area contributed by atoms with Crippen molar-refractivity contribution < 1.29 is 9.53 Å². The van der Waals surface area contributed by atoms with Crippen LogP contribution in [-0.4, -0.2) is 23.0 Å². The summed E-state index contributed by atoms with van der Waals surface area (Å²) in [4.78, 5) is 20.4. The van der Waals surface area contributed by atoms with E-state index in [-0.39, 0.29) is 17.4 Å². The van der Waals surface area contributed by atoms with E-state index in [1.54, 1.807) is 49.6 Å². The molecule has 1 heterocycles. The van der Waals surface area contributed by atoms with E-state index in [2.05, 4.69) is 42.1 Å². The summed E-state index contributed by atoms with van der Waals surface area (Å²) in [5.74, 6) is 0.803. The lowest BCUT2D eigenvalue weighted by Gasteiger charge is -2.15. The number of nitrogens with zero attached hydrogens (tertiary/aromatic N) is 2. The number of hydrogen-bond acceptors (Lipinski definition) is 7. The number of amides is 1. The fourth-order valence-electron chi connectivity index (χ4n) is 2.29. The maximum atomic E-state index is 12.2. The van der Waals surface area contributed by atoms with E-state index in [4.69, 9.17) is 22.1 Å². The lowest BCUT2D eigenvalue weighted by atomic mass is 10.2. The summed E-state index contributed by atoms with van der Waals surface area (Å²) >= 11 is 9.37. The number of anilines is 4. The first kappa shape index (κ1) is 19.7. The molecular weight excluding hydrogens is 448 g/mol. The summed E-state index contributed by atoms with van der Waals surface area (Å²) in [6, 6.07) is 12.0. The van der Waals surface area contributed by atoms with Crippen LogP contribution in [-0.2, 0) is 0 Å². The van der Waals surface area contributed by atoms with Crippen LogP contribution >= 0.6 is 27.5 Å². The van der Waals surface area contributed by atoms with Gasteiger partial charge >= 0.3 is 0 Å². The Balaban J connectivity index is 1.75. The average Bonchev–Trinajstić information content (AvgIpc) is 2.69. The van der Waals surface area contributed by atoms with Crippen LogP contribution in [0.15, 0.2) is 53.3 Å². The lowest BCUT2D eigenvalue weighted by Crippen LogP contribution is -2.30. The Morgan fingerprint density at radius 3 is 2.57 bits per heavy atom. The Labute approximate surface area is 174 Å². The third-order valence-electron chi connectivity index (χ3n) is 3.70. The topological polar surface area (TPSA) is 114 Å². The second kappa shape index (κ2) is 8.77. The predicted octanol–water partition coefficient (Wildman–Crippen LogP) is 3.98. The number of carbonyl (C=O) groups excluding carboxylic acids is 1. The second-order valence-electron chi connectivity index (χ2n) is 5.54. The molecule has 5 N–H and O–H groups in total. The maximum Gasteiger partial charge on any atom is 0.269 e. The number of hydrogen-bond donors (Lipinski definition) is 4. The van der Waals surface area contributed by atoms with E-state index in [0.29, 0.717) is 27.8 Å². The van der Waals surface area contributed by atoms with Crippen molar-refractivity contribution in [2.24, 2.45) is 0 Å². The molecule has 0 aliphatic carbocycles. The van der Waals surface area contributed by atoms with Crippen LogP contribution in [0.3, 0.4) is 0 Å². The number of hydrazine groups is 1. The minimum absolute atomic E-state index is 0.209. The van der Waals surface area contributed by atoms with Crippen LogP contribution in [0, 0.1) is 0 Å². The lowest BCUT2D eigenvalue weighted by molar-refractivity contribution is 0.0962. The van der Waals surface area contributed by atoms with Crippen molar-refractivity contribution in [2.45, 2.75) is 0 Å². The molecular formula is C18H16BrClN6O2. The zero-order chi connectivity index (χ0) is 20.1. The highest BCUT2D eigenvalue weighted by Gasteiger charge is 2.12. The molecule has 0 saturated carbocycles. The molecule has 0 unspecified atom stereocenters. The van der Waals surface area contributed by atoms with E-state index < -0.39 is 0 Å². The van der Waals surface area contributed by atoms with Gasteiger partial charge in [0.2, 0.25) is 0 Å². The summed E-state index contributed by atoms with van der Waals surface area (Å²) in [6.07, 6.45) is 1.31. The smallest absolute Gasteiger partial charge is 0.269 e. The van der Waals surface area contributed by atoms with Crippen molar-refractivity contribution in [3.05, 3.63) is 63.9 Å². The number of nitrogens with one attached hydrogen (secondary N) is 3. The normalized spacial score (nSPS) is 10.2. The molecule has 10 heteroatoms. The van der Waals surface area contributed by atoms with Gasteiger partial charge in [0.1, 0.15) is 17.8 Å². The van der Waals surface area contributed by atoms with E-state index in [1.807, 2.05) is 0 Å². The molecule has 0 bridgehead atoms. The first-order chi connectivity index (χ1) is 13.5. The monoisotopic (exact) mass is 462 g/mol. The van der Waals surface area contributed by atoms with Gasteiger partial charge in [0, 0.05) is 15.1 Å². The Morgan fingerprint density at radius 2 is 1.86 bits per heavy atom. The number of ether oxygens (including phenoxy) is 1. The summed E-state index contributed by atoms with van der Waals surface area (Å²) in [6.45, 7) is 0. The van der Waals surface area contributed by atoms with Gasteiger partial charge in [-0.15, -0.1) is 0 Å². The van der Waals surface area contributed by atoms with Crippen LogP contribution in [0.5, 0.6) is 5.75 Å². The zero-order valence-electron chi connectivity index (χ0n) is 14.7. The molecule has 144 valence electrons. The van der Waals surface area contributed by atoms with E-state index in [1.165, 1.54) is 6.33 Å². The molecule has 1 aromatic heterocycles. The minimum Gasteiger partial charge on any atom is -0.495 e. The molecule has 3 rings (SSSR count). The number of methoxy groups -OCH3 is 1. The molecule has 8 nitrogen and oxygen atoms in total. The van der Waals surface area contributed by atoms with Gasteiger partial charge in [0.15, 0.2) is 11.6 Å². The van der Waals surface area contributed by atoms with Crippen molar-refractivity contribution in [1.82, 2.24) is 15.4 Å². The van der Waals surface area contributed by atoms with Crippen molar-refractivity contribution in [2.75, 3.05) is 23.6 Å². The Kier molecular flexibility index (Phi) is 6.17. The van der Waals surface area contributed by atoms with Crippen LogP contribution in [0.1, 0.15) is 10.4 Å². The van der Waals surface area contributed by atoms with Crippen LogP contribution < -0.4 is 26.6 Å². The SMILES string of the molecule is COc1ccc(Cl)cc1Nc1ncnc(NNC(=O)c2ccc(Br)cc2)c1N. The number of nitrogen functional groups attached to an aromatic ring is 1. The first-order valence-electron chi connectivity index (χ1n) is 8.01. The highest BCUT2D eigenvalue weighted by atomic mass is 79.9. The first-order valence-corrected chi connectivity index (χ1v) is 9.18. The number of carbonyl (C=O) groups is 1. The molecule has 0 aliphatic rings. The number of benzene rings is 2. The molecule has 1 amide bonds. The quantitative estimate of drug-likeness (QED) is 0.409. The molecule has 0 radical (unpaired) electrons. The zero-order valence-corrected chi connectivity index (χ0v) is 17.0. The van der Waals surface area contributed by atoms with Gasteiger partial charge in [0.05, 0.1) is 12.8 Å². The highest BCUT2D eigenvalue weighted by molar-refractivity contribution is 9.10.